The number of nitrogens with zero attached hydrogens (tertiary/aromatic N) is 1. The molecule has 2 aliphatic heterocycles. The number of aliphatic hydroxyl groups is 1. The number of thioether (sulfide) groups is 1. The van der Waals surface area contributed by atoms with Crippen LogP contribution >= 0.6 is 24.2 Å². The van der Waals surface area contributed by atoms with E-state index in [9.17, 15) is 5.11 Å². The summed E-state index contributed by atoms with van der Waals surface area (Å²) in [6, 6.07) is 14.1. The molecule has 1 N–H and O–H groups in total. The molecule has 2 unspecified atom stereocenters. The number of ether oxygens (including phenoxy) is 1. The monoisotopic (exact) mass is 433 g/mol. The number of fused-ring (bicyclic) bond motifs is 1. The first kappa shape index (κ1) is 22.5. The zero-order valence-corrected chi connectivity index (χ0v) is 19.4. The van der Waals surface area contributed by atoms with Gasteiger partial charge in [-0.25, -0.2) is 0 Å². The maximum atomic E-state index is 10.1. The van der Waals surface area contributed by atoms with Gasteiger partial charge in [-0.3, -0.25) is 4.90 Å². The van der Waals surface area contributed by atoms with E-state index in [1.54, 1.807) is 11.8 Å². The van der Waals surface area contributed by atoms with Crippen LogP contribution in [0.4, 0.5) is 0 Å². The van der Waals surface area contributed by atoms with Gasteiger partial charge in [0.1, 0.15) is 5.75 Å². The van der Waals surface area contributed by atoms with E-state index in [4.69, 9.17) is 4.74 Å². The summed E-state index contributed by atoms with van der Waals surface area (Å²) in [5, 5.41) is 10.1. The number of likely N-dealkylation sites (tertiary alicyclic amines) is 1. The van der Waals surface area contributed by atoms with Gasteiger partial charge in [0.15, 0.2) is 4.93 Å². The van der Waals surface area contributed by atoms with Gasteiger partial charge in [0.25, 0.3) is 0 Å². The standard InChI is InChI=1S/C24H31NO2S.ClH/c1-16-5-6-18(13-17(16)2)7-9-20-10-11-21(25(20)15-26)19-8-12-22-23(14-19)28-24(3,4)27-22;/h5-6,8,12-14,20-21,26H,7,9-11,15H2,1-4H3;1H. The molecule has 0 saturated carbocycles. The van der Waals surface area contributed by atoms with Crippen LogP contribution in [0.3, 0.4) is 0 Å². The van der Waals surface area contributed by atoms with Gasteiger partial charge < -0.3 is 9.84 Å². The second-order valence-corrected chi connectivity index (χ2v) is 10.3. The van der Waals surface area contributed by atoms with Crippen molar-refractivity contribution >= 4 is 24.2 Å². The van der Waals surface area contributed by atoms with Crippen molar-refractivity contribution in [2.24, 2.45) is 0 Å². The molecule has 1 fully saturated rings. The number of aliphatic hydroxyl groups excluding tert-OH is 1. The molecule has 5 heteroatoms. The summed E-state index contributed by atoms with van der Waals surface area (Å²) in [4.78, 5) is 3.31. The molecule has 0 aliphatic carbocycles. The van der Waals surface area contributed by atoms with Crippen molar-refractivity contribution in [1.82, 2.24) is 4.90 Å². The highest BCUT2D eigenvalue weighted by molar-refractivity contribution is 8.00. The van der Waals surface area contributed by atoms with Gasteiger partial charge in [-0.1, -0.05) is 36.0 Å². The molecule has 0 aromatic heterocycles. The minimum Gasteiger partial charge on any atom is -0.476 e. The highest BCUT2D eigenvalue weighted by Crippen LogP contribution is 2.49. The van der Waals surface area contributed by atoms with Crippen molar-refractivity contribution in [3.05, 3.63) is 58.7 Å². The molecular weight excluding hydrogens is 402 g/mol. The molecule has 2 aromatic carbocycles. The van der Waals surface area contributed by atoms with E-state index in [0.29, 0.717) is 12.1 Å². The third-order valence-corrected chi connectivity index (χ3v) is 7.32. The molecule has 1 saturated heterocycles. The predicted molar refractivity (Wildman–Crippen MR) is 123 cm³/mol. The molecule has 158 valence electrons. The van der Waals surface area contributed by atoms with E-state index in [0.717, 1.165) is 31.4 Å². The van der Waals surface area contributed by atoms with E-state index < -0.39 is 0 Å². The fraction of sp³-hybridized carbons (Fsp3) is 0.500. The van der Waals surface area contributed by atoms with Crippen LogP contribution < -0.4 is 4.74 Å². The molecule has 4 rings (SSSR count). The summed E-state index contributed by atoms with van der Waals surface area (Å²) in [6.07, 6.45) is 4.40. The molecule has 0 radical (unpaired) electrons. The lowest BCUT2D eigenvalue weighted by Gasteiger charge is -2.28. The van der Waals surface area contributed by atoms with Crippen molar-refractivity contribution < 1.29 is 9.84 Å². The topological polar surface area (TPSA) is 32.7 Å². The maximum Gasteiger partial charge on any atom is 0.153 e. The molecule has 0 amide bonds. The molecule has 3 nitrogen and oxygen atoms in total. The van der Waals surface area contributed by atoms with Crippen LogP contribution in [-0.4, -0.2) is 27.7 Å². The first-order valence-corrected chi connectivity index (χ1v) is 11.1. The van der Waals surface area contributed by atoms with E-state index in [1.807, 2.05) is 0 Å². The Morgan fingerprint density at radius 3 is 2.62 bits per heavy atom. The molecule has 0 bridgehead atoms. The molecule has 29 heavy (non-hydrogen) atoms. The smallest absolute Gasteiger partial charge is 0.153 e. The van der Waals surface area contributed by atoms with Gasteiger partial charge in [-0.2, -0.15) is 0 Å². The second-order valence-electron chi connectivity index (χ2n) is 8.67. The van der Waals surface area contributed by atoms with Gasteiger partial charge in [-0.15, -0.1) is 12.4 Å². The number of halogens is 1. The Bertz CT molecular complexity index is 870. The van der Waals surface area contributed by atoms with Crippen LogP contribution in [0.25, 0.3) is 0 Å². The van der Waals surface area contributed by atoms with E-state index in [2.05, 4.69) is 69.0 Å². The quantitative estimate of drug-likeness (QED) is 0.623. The van der Waals surface area contributed by atoms with Crippen LogP contribution in [0.1, 0.15) is 61.4 Å². The zero-order valence-electron chi connectivity index (χ0n) is 17.8. The Morgan fingerprint density at radius 1 is 1.10 bits per heavy atom. The highest BCUT2D eigenvalue weighted by Gasteiger charge is 2.36. The number of hydrogen-bond acceptors (Lipinski definition) is 4. The van der Waals surface area contributed by atoms with E-state index in [1.165, 1.54) is 27.1 Å². The molecule has 2 atom stereocenters. The molecule has 2 aliphatic rings. The average Bonchev–Trinajstić information content (AvgIpc) is 3.20. The third kappa shape index (κ3) is 4.77. The minimum atomic E-state index is -0.192. The van der Waals surface area contributed by atoms with E-state index >= 15 is 0 Å². The summed E-state index contributed by atoms with van der Waals surface area (Å²) in [5.74, 6) is 0.985. The van der Waals surface area contributed by atoms with Crippen molar-refractivity contribution in [2.45, 2.75) is 75.3 Å². The predicted octanol–water partition coefficient (Wildman–Crippen LogP) is 6.03. The van der Waals surface area contributed by atoms with Crippen LogP contribution in [0.2, 0.25) is 0 Å². The Morgan fingerprint density at radius 2 is 1.90 bits per heavy atom. The van der Waals surface area contributed by atoms with Gasteiger partial charge in [0.2, 0.25) is 0 Å². The third-order valence-electron chi connectivity index (χ3n) is 6.21. The van der Waals surface area contributed by atoms with E-state index in [-0.39, 0.29) is 24.1 Å². The lowest BCUT2D eigenvalue weighted by molar-refractivity contribution is 0.0596. The number of hydrogen-bond donors (Lipinski definition) is 1. The Kier molecular flexibility index (Phi) is 6.89. The summed E-state index contributed by atoms with van der Waals surface area (Å²) in [7, 11) is 0. The lowest BCUT2D eigenvalue weighted by atomic mass is 10.00. The fourth-order valence-corrected chi connectivity index (χ4v) is 5.62. The van der Waals surface area contributed by atoms with Crippen molar-refractivity contribution in [2.75, 3.05) is 6.73 Å². The summed E-state index contributed by atoms with van der Waals surface area (Å²) < 4.78 is 5.99. The highest BCUT2D eigenvalue weighted by atomic mass is 35.5. The lowest BCUT2D eigenvalue weighted by Crippen LogP contribution is -2.32. The Hall–Kier alpha value is -1.20. The van der Waals surface area contributed by atoms with Crippen LogP contribution in [0, 0.1) is 13.8 Å². The number of rotatable bonds is 5. The van der Waals surface area contributed by atoms with Crippen LogP contribution in [-0.2, 0) is 6.42 Å². The molecular formula is C24H32ClNO2S. The summed E-state index contributed by atoms with van der Waals surface area (Å²) in [6.45, 7) is 8.68. The van der Waals surface area contributed by atoms with Crippen LogP contribution in [0.15, 0.2) is 41.3 Å². The van der Waals surface area contributed by atoms with Crippen molar-refractivity contribution in [1.29, 1.82) is 0 Å². The van der Waals surface area contributed by atoms with Gasteiger partial charge >= 0.3 is 0 Å². The summed E-state index contributed by atoms with van der Waals surface area (Å²) >= 11 is 1.78. The molecule has 2 heterocycles. The van der Waals surface area contributed by atoms with Crippen molar-refractivity contribution in [3.8, 4) is 5.75 Å². The average molecular weight is 434 g/mol. The van der Waals surface area contributed by atoms with Gasteiger partial charge in [0, 0.05) is 12.1 Å². The largest absolute Gasteiger partial charge is 0.476 e. The first-order valence-electron chi connectivity index (χ1n) is 10.3. The van der Waals surface area contributed by atoms with Gasteiger partial charge in [-0.05, 0) is 87.8 Å². The normalized spacial score (nSPS) is 22.8. The molecule has 0 spiro atoms. The maximum absolute atomic E-state index is 10.1. The Balaban J connectivity index is 0.00000240. The zero-order chi connectivity index (χ0) is 19.9. The Labute approximate surface area is 185 Å². The van der Waals surface area contributed by atoms with Gasteiger partial charge in [0.05, 0.1) is 11.6 Å². The SMILES string of the molecule is Cc1ccc(CCC2CCC(c3ccc4c(c3)SC(C)(C)O4)N2CO)cc1C.Cl. The first-order chi connectivity index (χ1) is 13.4. The van der Waals surface area contributed by atoms with Crippen molar-refractivity contribution in [3.63, 3.8) is 0 Å². The number of benzene rings is 2. The van der Waals surface area contributed by atoms with Crippen LogP contribution in [0.5, 0.6) is 5.75 Å². The second kappa shape index (κ2) is 8.89. The minimum absolute atomic E-state index is 0. The number of aryl methyl sites for hydroxylation is 3. The fourth-order valence-electron chi connectivity index (χ4n) is 4.56. The molecule has 2 aromatic rings. The summed E-state index contributed by atoms with van der Waals surface area (Å²) in [5.41, 5.74) is 5.41.